The summed E-state index contributed by atoms with van der Waals surface area (Å²) in [6.45, 7) is 11.4. The zero-order chi connectivity index (χ0) is 29.1. The molecule has 1 saturated heterocycles. The average molecular weight is 549 g/mol. The van der Waals surface area contributed by atoms with Crippen LogP contribution in [0.4, 0.5) is 0 Å². The van der Waals surface area contributed by atoms with Crippen molar-refractivity contribution in [3.05, 3.63) is 23.8 Å². The predicted molar refractivity (Wildman–Crippen MR) is 136 cm³/mol. The average Bonchev–Trinajstić information content (AvgIpc) is 3.71. The molecule has 5 aliphatic rings. The maximum Gasteiger partial charge on any atom is 0.330 e. The highest BCUT2D eigenvalue weighted by atomic mass is 16.6. The van der Waals surface area contributed by atoms with Crippen molar-refractivity contribution >= 4 is 17.7 Å². The van der Waals surface area contributed by atoms with Crippen LogP contribution in [0.25, 0.3) is 0 Å². The van der Waals surface area contributed by atoms with Crippen LogP contribution in [0.1, 0.15) is 54.9 Å². The lowest BCUT2D eigenvalue weighted by Gasteiger charge is -2.53. The number of fused-ring (bicyclic) bond motifs is 7. The van der Waals surface area contributed by atoms with Crippen LogP contribution in [0.15, 0.2) is 23.8 Å². The maximum absolute atomic E-state index is 13.4. The van der Waals surface area contributed by atoms with Gasteiger partial charge in [0.25, 0.3) is 0 Å². The number of ether oxygens (including phenoxy) is 3. The Morgan fingerprint density at radius 2 is 1.90 bits per heavy atom. The molecule has 1 heterocycles. The van der Waals surface area contributed by atoms with E-state index < -0.39 is 100 Å². The van der Waals surface area contributed by atoms with Crippen molar-refractivity contribution in [2.24, 2.45) is 35.0 Å². The molecule has 0 spiro atoms. The second kappa shape index (κ2) is 8.45. The van der Waals surface area contributed by atoms with E-state index in [1.165, 1.54) is 25.2 Å². The number of carbonyl (C=O) groups excluding carboxylic acids is 3. The highest BCUT2D eigenvalue weighted by Crippen LogP contribution is 2.79. The standard InChI is InChI=1S/C29H40O10/c1-8-10-17(31)37-21-15(5)27(35)16-11-14(4)20(32)28(16,36)24(34)26(12-30)22(38-26)18(27)19-25(6,7)29(19,21)39-23(33)13(3)9-2/h8,10-11,13,15-16,18-19,21-22,24,30,34-36H,9,12H2,1-7H3/b10-8+/t13?,15-,16+,18-,19+,21?,22?,24?,26?,27?,28?,29?/m1/s1. The number of aliphatic hydroxyl groups is 4. The van der Waals surface area contributed by atoms with Crippen LogP contribution in [-0.4, -0.2) is 85.5 Å². The van der Waals surface area contributed by atoms with Crippen molar-refractivity contribution in [2.75, 3.05) is 6.61 Å². The van der Waals surface area contributed by atoms with Crippen LogP contribution in [0.2, 0.25) is 0 Å². The van der Waals surface area contributed by atoms with Gasteiger partial charge in [0.15, 0.2) is 17.0 Å². The van der Waals surface area contributed by atoms with E-state index in [1.807, 2.05) is 20.8 Å². The molecule has 4 N–H and O–H groups in total. The number of carbonyl (C=O) groups is 3. The zero-order valence-corrected chi connectivity index (χ0v) is 23.5. The molecule has 0 aromatic heterocycles. The van der Waals surface area contributed by atoms with E-state index in [9.17, 15) is 34.8 Å². The Kier molecular flexibility index (Phi) is 6.16. The van der Waals surface area contributed by atoms with Gasteiger partial charge in [-0.25, -0.2) is 4.79 Å². The minimum Gasteiger partial charge on any atom is -0.455 e. The van der Waals surface area contributed by atoms with Crippen molar-refractivity contribution in [3.63, 3.8) is 0 Å². The molecule has 0 bridgehead atoms. The van der Waals surface area contributed by atoms with Crippen LogP contribution in [-0.2, 0) is 28.6 Å². The van der Waals surface area contributed by atoms with Crippen molar-refractivity contribution in [1.82, 2.24) is 0 Å². The number of rotatable bonds is 6. The summed E-state index contributed by atoms with van der Waals surface area (Å²) in [5.41, 5.74) is -8.18. The molecule has 3 saturated carbocycles. The van der Waals surface area contributed by atoms with Crippen molar-refractivity contribution in [1.29, 1.82) is 0 Å². The highest BCUT2D eigenvalue weighted by molar-refractivity contribution is 6.05. The molecule has 0 amide bonds. The third kappa shape index (κ3) is 3.12. The Bertz CT molecular complexity index is 1170. The van der Waals surface area contributed by atoms with Crippen LogP contribution >= 0.6 is 0 Å². The lowest BCUT2D eigenvalue weighted by molar-refractivity contribution is -0.244. The first-order valence-corrected chi connectivity index (χ1v) is 13.8. The number of ketones is 1. The van der Waals surface area contributed by atoms with Gasteiger partial charge in [-0.2, -0.15) is 0 Å². The molecular weight excluding hydrogens is 508 g/mol. The van der Waals surface area contributed by atoms with E-state index in [-0.39, 0.29) is 5.57 Å². The molecule has 0 aromatic carbocycles. The van der Waals surface area contributed by atoms with Gasteiger partial charge in [0.2, 0.25) is 0 Å². The molecule has 10 nitrogen and oxygen atoms in total. The topological polar surface area (TPSA) is 163 Å². The summed E-state index contributed by atoms with van der Waals surface area (Å²) in [4.78, 5) is 39.5. The molecule has 0 radical (unpaired) electrons. The Labute approximate surface area is 228 Å². The largest absolute Gasteiger partial charge is 0.455 e. The van der Waals surface area contributed by atoms with Gasteiger partial charge in [-0.15, -0.1) is 0 Å². The number of hydrogen-bond acceptors (Lipinski definition) is 10. The Morgan fingerprint density at radius 3 is 2.46 bits per heavy atom. The minimum atomic E-state index is -2.48. The highest BCUT2D eigenvalue weighted by Gasteiger charge is 2.93. The summed E-state index contributed by atoms with van der Waals surface area (Å²) in [5.74, 6) is -6.19. The Hall–Kier alpha value is -2.11. The van der Waals surface area contributed by atoms with Crippen LogP contribution < -0.4 is 0 Å². The van der Waals surface area contributed by atoms with Gasteiger partial charge in [-0.3, -0.25) is 9.59 Å². The van der Waals surface area contributed by atoms with Crippen molar-refractivity contribution < 1.29 is 49.0 Å². The number of epoxide rings is 1. The van der Waals surface area contributed by atoms with E-state index in [0.717, 1.165) is 0 Å². The van der Waals surface area contributed by atoms with Gasteiger partial charge in [0.1, 0.15) is 17.8 Å². The van der Waals surface area contributed by atoms with Gasteiger partial charge < -0.3 is 34.6 Å². The van der Waals surface area contributed by atoms with E-state index >= 15 is 0 Å². The second-order valence-electron chi connectivity index (χ2n) is 12.8. The SMILES string of the molecule is C/C=C/C(=O)OC1[C@@H](C)C2(O)[C@@H]3C=C(C)C(=O)C3(O)C(O)C3(CO)OC3[C@H]2[C@H]2C(C)(C)C12OC(=O)C(C)CC. The third-order valence-electron chi connectivity index (χ3n) is 10.8. The molecule has 12 atom stereocenters. The fraction of sp³-hybridized carbons (Fsp3) is 0.759. The first-order chi connectivity index (χ1) is 18.1. The van der Waals surface area contributed by atoms with E-state index in [2.05, 4.69) is 0 Å². The molecular formula is C29H40O10. The normalized spacial score (nSPS) is 49.6. The van der Waals surface area contributed by atoms with Crippen molar-refractivity contribution in [2.45, 2.75) is 95.6 Å². The molecule has 4 aliphatic carbocycles. The van der Waals surface area contributed by atoms with Crippen LogP contribution in [0.3, 0.4) is 0 Å². The number of aliphatic hydroxyl groups excluding tert-OH is 2. The molecule has 0 aromatic rings. The quantitative estimate of drug-likeness (QED) is 0.212. The molecule has 8 unspecified atom stereocenters. The lowest BCUT2D eigenvalue weighted by Crippen LogP contribution is -2.69. The van der Waals surface area contributed by atoms with Gasteiger partial charge >= 0.3 is 11.9 Å². The van der Waals surface area contributed by atoms with Crippen LogP contribution in [0.5, 0.6) is 0 Å². The van der Waals surface area contributed by atoms with Gasteiger partial charge in [0, 0.05) is 35.2 Å². The summed E-state index contributed by atoms with van der Waals surface area (Å²) in [5, 5.41) is 46.6. The first-order valence-electron chi connectivity index (χ1n) is 13.8. The smallest absolute Gasteiger partial charge is 0.330 e. The monoisotopic (exact) mass is 548 g/mol. The molecule has 1 aliphatic heterocycles. The summed E-state index contributed by atoms with van der Waals surface area (Å²) in [7, 11) is 0. The van der Waals surface area contributed by atoms with E-state index in [1.54, 1.807) is 20.8 Å². The minimum absolute atomic E-state index is 0.158. The van der Waals surface area contributed by atoms with Gasteiger partial charge in [-0.1, -0.05) is 46.8 Å². The Balaban J connectivity index is 1.74. The number of Topliss-reactive ketones (excluding diaryl/α,β-unsaturated/α-hetero) is 1. The fourth-order valence-electron chi connectivity index (χ4n) is 8.40. The number of esters is 2. The molecule has 10 heteroatoms. The van der Waals surface area contributed by atoms with E-state index in [4.69, 9.17) is 14.2 Å². The van der Waals surface area contributed by atoms with Gasteiger partial charge in [0.05, 0.1) is 24.2 Å². The summed E-state index contributed by atoms with van der Waals surface area (Å²) < 4.78 is 18.2. The predicted octanol–water partition coefficient (Wildman–Crippen LogP) is 0.836. The zero-order valence-electron chi connectivity index (χ0n) is 23.5. The molecule has 4 fully saturated rings. The molecule has 5 rings (SSSR count). The van der Waals surface area contributed by atoms with Crippen molar-refractivity contribution in [3.8, 4) is 0 Å². The Morgan fingerprint density at radius 1 is 1.26 bits per heavy atom. The van der Waals surface area contributed by atoms with E-state index in [0.29, 0.717) is 6.42 Å². The number of hydrogen-bond donors (Lipinski definition) is 4. The number of allylic oxidation sites excluding steroid dienone is 1. The second-order valence-corrected chi connectivity index (χ2v) is 12.8. The summed E-state index contributed by atoms with van der Waals surface area (Å²) >= 11 is 0. The fourth-order valence-corrected chi connectivity index (χ4v) is 8.40. The lowest BCUT2D eigenvalue weighted by atomic mass is 9.58. The maximum atomic E-state index is 13.4. The van der Waals surface area contributed by atoms with Crippen LogP contribution in [0, 0.1) is 35.0 Å². The summed E-state index contributed by atoms with van der Waals surface area (Å²) in [6.07, 6.45) is 0.785. The molecule has 216 valence electrons. The van der Waals surface area contributed by atoms with Gasteiger partial charge in [-0.05, 0) is 25.8 Å². The molecule has 39 heavy (non-hydrogen) atoms. The first kappa shape index (κ1) is 28.4. The third-order valence-corrected chi connectivity index (χ3v) is 10.8. The summed E-state index contributed by atoms with van der Waals surface area (Å²) in [6, 6.07) is 0.